The molecule has 0 saturated carbocycles. The average Bonchev–Trinajstić information content (AvgIpc) is 2.65. The van der Waals surface area contributed by atoms with Crippen molar-refractivity contribution in [3.05, 3.63) is 50.4 Å². The zero-order valence-corrected chi connectivity index (χ0v) is 9.85. The molecule has 0 aliphatic carbocycles. The quantitative estimate of drug-likeness (QED) is 0.895. The SMILES string of the molecule is OC(c1ccc(Cl)s1)c1ncccc1Cl. The Labute approximate surface area is 101 Å². The van der Waals surface area contributed by atoms with E-state index in [1.54, 1.807) is 30.5 Å². The summed E-state index contributed by atoms with van der Waals surface area (Å²) in [6.45, 7) is 0. The molecule has 0 saturated heterocycles. The second kappa shape index (κ2) is 4.49. The maximum absolute atomic E-state index is 9.99. The van der Waals surface area contributed by atoms with E-state index in [0.29, 0.717) is 15.1 Å². The fourth-order valence-corrected chi connectivity index (χ4v) is 2.48. The van der Waals surface area contributed by atoms with Crippen LogP contribution >= 0.6 is 34.5 Å². The van der Waals surface area contributed by atoms with Gasteiger partial charge in [-0.2, -0.15) is 0 Å². The van der Waals surface area contributed by atoms with Crippen LogP contribution in [0.25, 0.3) is 0 Å². The summed E-state index contributed by atoms with van der Waals surface area (Å²) in [5.74, 6) is 0. The van der Waals surface area contributed by atoms with Crippen LogP contribution in [-0.4, -0.2) is 10.1 Å². The van der Waals surface area contributed by atoms with Crippen molar-refractivity contribution in [2.45, 2.75) is 6.10 Å². The van der Waals surface area contributed by atoms with Crippen molar-refractivity contribution in [3.8, 4) is 0 Å². The summed E-state index contributed by atoms with van der Waals surface area (Å²) in [7, 11) is 0. The van der Waals surface area contributed by atoms with E-state index < -0.39 is 6.10 Å². The van der Waals surface area contributed by atoms with Crippen molar-refractivity contribution in [1.29, 1.82) is 0 Å². The summed E-state index contributed by atoms with van der Waals surface area (Å²) in [6, 6.07) is 6.92. The van der Waals surface area contributed by atoms with Crippen molar-refractivity contribution in [1.82, 2.24) is 4.98 Å². The molecule has 0 amide bonds. The third kappa shape index (κ3) is 2.32. The number of aliphatic hydroxyl groups is 1. The normalized spacial score (nSPS) is 12.7. The second-order valence-electron chi connectivity index (χ2n) is 2.91. The molecule has 0 fully saturated rings. The van der Waals surface area contributed by atoms with Gasteiger partial charge in [-0.05, 0) is 24.3 Å². The largest absolute Gasteiger partial charge is 0.381 e. The smallest absolute Gasteiger partial charge is 0.132 e. The summed E-state index contributed by atoms with van der Waals surface area (Å²) >= 11 is 13.0. The van der Waals surface area contributed by atoms with Crippen molar-refractivity contribution < 1.29 is 5.11 Å². The fourth-order valence-electron chi connectivity index (χ4n) is 1.21. The van der Waals surface area contributed by atoms with E-state index >= 15 is 0 Å². The molecular formula is C10H7Cl2NOS. The highest BCUT2D eigenvalue weighted by atomic mass is 35.5. The van der Waals surface area contributed by atoms with E-state index in [-0.39, 0.29) is 0 Å². The first-order valence-electron chi connectivity index (χ1n) is 4.22. The maximum atomic E-state index is 9.99. The Kier molecular flexibility index (Phi) is 3.26. The Hall–Kier alpha value is -0.610. The molecule has 1 atom stereocenters. The van der Waals surface area contributed by atoms with Crippen LogP contribution in [0.3, 0.4) is 0 Å². The topological polar surface area (TPSA) is 33.1 Å². The lowest BCUT2D eigenvalue weighted by Gasteiger charge is -2.08. The summed E-state index contributed by atoms with van der Waals surface area (Å²) < 4.78 is 0.635. The second-order valence-corrected chi connectivity index (χ2v) is 5.07. The van der Waals surface area contributed by atoms with Gasteiger partial charge in [-0.1, -0.05) is 23.2 Å². The van der Waals surface area contributed by atoms with Gasteiger partial charge in [-0.3, -0.25) is 4.98 Å². The molecule has 2 nitrogen and oxygen atoms in total. The standard InChI is InChI=1S/C10H7Cl2NOS/c11-6-2-1-5-13-9(6)10(14)7-3-4-8(12)15-7/h1-5,10,14H. The molecule has 5 heteroatoms. The molecule has 2 rings (SSSR count). The van der Waals surface area contributed by atoms with Crippen LogP contribution in [0.5, 0.6) is 0 Å². The van der Waals surface area contributed by atoms with Gasteiger partial charge in [0.2, 0.25) is 0 Å². The lowest BCUT2D eigenvalue weighted by atomic mass is 10.2. The molecule has 15 heavy (non-hydrogen) atoms. The number of aliphatic hydroxyl groups excluding tert-OH is 1. The van der Waals surface area contributed by atoms with E-state index in [0.717, 1.165) is 4.88 Å². The lowest BCUT2D eigenvalue weighted by Crippen LogP contribution is -2.00. The van der Waals surface area contributed by atoms with Gasteiger partial charge in [-0.25, -0.2) is 0 Å². The highest BCUT2D eigenvalue weighted by molar-refractivity contribution is 7.16. The van der Waals surface area contributed by atoms with Crippen LogP contribution < -0.4 is 0 Å². The molecule has 0 aliphatic rings. The van der Waals surface area contributed by atoms with Crippen molar-refractivity contribution in [2.75, 3.05) is 0 Å². The van der Waals surface area contributed by atoms with Crippen LogP contribution in [-0.2, 0) is 0 Å². The molecule has 0 radical (unpaired) electrons. The van der Waals surface area contributed by atoms with Crippen LogP contribution in [0.1, 0.15) is 16.7 Å². The molecule has 0 spiro atoms. The van der Waals surface area contributed by atoms with E-state index in [1.165, 1.54) is 11.3 Å². The summed E-state index contributed by atoms with van der Waals surface area (Å²) in [5.41, 5.74) is 0.456. The van der Waals surface area contributed by atoms with Gasteiger partial charge in [0.1, 0.15) is 6.10 Å². The van der Waals surface area contributed by atoms with Crippen LogP contribution in [0.15, 0.2) is 30.5 Å². The number of rotatable bonds is 2. The first-order valence-corrected chi connectivity index (χ1v) is 5.79. The Morgan fingerprint density at radius 1 is 1.27 bits per heavy atom. The van der Waals surface area contributed by atoms with Gasteiger partial charge in [0.15, 0.2) is 0 Å². The minimum atomic E-state index is -0.809. The molecule has 2 heterocycles. The zero-order valence-electron chi connectivity index (χ0n) is 7.52. The van der Waals surface area contributed by atoms with Gasteiger partial charge >= 0.3 is 0 Å². The Morgan fingerprint density at radius 3 is 2.67 bits per heavy atom. The third-order valence-corrected chi connectivity index (χ3v) is 3.51. The predicted octanol–water partition coefficient (Wildman–Crippen LogP) is 3.53. The Balaban J connectivity index is 2.36. The monoisotopic (exact) mass is 259 g/mol. The first kappa shape index (κ1) is 10.9. The molecule has 2 aromatic rings. The minimum Gasteiger partial charge on any atom is -0.381 e. The van der Waals surface area contributed by atoms with Gasteiger partial charge in [-0.15, -0.1) is 11.3 Å². The number of pyridine rings is 1. The van der Waals surface area contributed by atoms with E-state index in [9.17, 15) is 5.11 Å². The minimum absolute atomic E-state index is 0.453. The van der Waals surface area contributed by atoms with Crippen molar-refractivity contribution in [3.63, 3.8) is 0 Å². The van der Waals surface area contributed by atoms with Crippen LogP contribution in [0.4, 0.5) is 0 Å². The molecule has 78 valence electrons. The van der Waals surface area contributed by atoms with Crippen LogP contribution in [0, 0.1) is 0 Å². The molecule has 1 N–H and O–H groups in total. The molecule has 2 aromatic heterocycles. The number of hydrogen-bond acceptors (Lipinski definition) is 3. The summed E-state index contributed by atoms with van der Waals surface area (Å²) in [4.78, 5) is 4.78. The van der Waals surface area contributed by atoms with E-state index in [2.05, 4.69) is 4.98 Å². The zero-order chi connectivity index (χ0) is 10.8. The Morgan fingerprint density at radius 2 is 2.07 bits per heavy atom. The van der Waals surface area contributed by atoms with Gasteiger partial charge in [0.05, 0.1) is 15.1 Å². The first-order chi connectivity index (χ1) is 7.18. The molecular weight excluding hydrogens is 253 g/mol. The lowest BCUT2D eigenvalue weighted by molar-refractivity contribution is 0.219. The average molecular weight is 260 g/mol. The van der Waals surface area contributed by atoms with Crippen LogP contribution in [0.2, 0.25) is 9.36 Å². The highest BCUT2D eigenvalue weighted by Gasteiger charge is 2.16. The van der Waals surface area contributed by atoms with E-state index in [1.807, 2.05) is 0 Å². The predicted molar refractivity (Wildman–Crippen MR) is 62.6 cm³/mol. The Bertz CT molecular complexity index is 472. The fraction of sp³-hybridized carbons (Fsp3) is 0.100. The number of nitrogens with zero attached hydrogens (tertiary/aromatic N) is 1. The number of thiophene rings is 1. The summed E-state index contributed by atoms with van der Waals surface area (Å²) in [6.07, 6.45) is 0.788. The number of hydrogen-bond donors (Lipinski definition) is 1. The van der Waals surface area contributed by atoms with Crippen molar-refractivity contribution in [2.24, 2.45) is 0 Å². The molecule has 1 unspecified atom stereocenters. The maximum Gasteiger partial charge on any atom is 0.132 e. The number of aromatic nitrogens is 1. The van der Waals surface area contributed by atoms with Crippen molar-refractivity contribution >= 4 is 34.5 Å². The molecule has 0 bridgehead atoms. The molecule has 0 aromatic carbocycles. The highest BCUT2D eigenvalue weighted by Crippen LogP contribution is 2.32. The summed E-state index contributed by atoms with van der Waals surface area (Å²) in [5, 5.41) is 10.4. The van der Waals surface area contributed by atoms with Gasteiger partial charge < -0.3 is 5.11 Å². The third-order valence-electron chi connectivity index (χ3n) is 1.91. The van der Waals surface area contributed by atoms with Gasteiger partial charge in [0.25, 0.3) is 0 Å². The molecule has 0 aliphatic heterocycles. The van der Waals surface area contributed by atoms with Gasteiger partial charge in [0, 0.05) is 11.1 Å². The van der Waals surface area contributed by atoms with E-state index in [4.69, 9.17) is 23.2 Å². The number of halogens is 2.